The number of rotatable bonds is 8. The molecule has 0 radical (unpaired) electrons. The molecule has 0 spiro atoms. The third-order valence-electron chi connectivity index (χ3n) is 5.98. The maximum atomic E-state index is 13.0. The number of pyridine rings is 1. The highest BCUT2D eigenvalue weighted by atomic mass is 32.1. The third-order valence-corrected chi connectivity index (χ3v) is 6.84. The van der Waals surface area contributed by atoms with Crippen LogP contribution < -0.4 is 14.4 Å². The summed E-state index contributed by atoms with van der Waals surface area (Å²) >= 11 is 1.55. The maximum absolute atomic E-state index is 13.0. The number of ether oxygens (including phenoxy) is 2. The van der Waals surface area contributed by atoms with E-state index in [1.165, 1.54) is 5.56 Å². The molecule has 0 aliphatic carbocycles. The lowest BCUT2D eigenvalue weighted by atomic mass is 10.1. The van der Waals surface area contributed by atoms with Gasteiger partial charge in [-0.1, -0.05) is 25.1 Å². The van der Waals surface area contributed by atoms with E-state index in [4.69, 9.17) is 14.5 Å². The van der Waals surface area contributed by atoms with E-state index in [0.29, 0.717) is 25.3 Å². The molecule has 0 bridgehead atoms. The van der Waals surface area contributed by atoms with E-state index in [2.05, 4.69) is 24.0 Å². The number of hydrogen-bond acceptors (Lipinski definition) is 6. The number of fused-ring (bicyclic) bond motifs is 1. The van der Waals surface area contributed by atoms with Gasteiger partial charge in [0.1, 0.15) is 16.5 Å². The highest BCUT2D eigenvalue weighted by molar-refractivity contribution is 7.13. The van der Waals surface area contributed by atoms with Crippen molar-refractivity contribution in [3.05, 3.63) is 77.8 Å². The maximum Gasteiger partial charge on any atom is 0.267 e. The van der Waals surface area contributed by atoms with Gasteiger partial charge in [-0.2, -0.15) is 0 Å². The topological polar surface area (TPSA) is 64.5 Å². The molecule has 2 aromatic heterocycles. The van der Waals surface area contributed by atoms with Gasteiger partial charge in [-0.15, -0.1) is 11.3 Å². The van der Waals surface area contributed by atoms with Crippen molar-refractivity contribution in [2.75, 3.05) is 18.1 Å². The molecule has 0 saturated heterocycles. The molecule has 178 valence electrons. The van der Waals surface area contributed by atoms with Gasteiger partial charge in [0.2, 0.25) is 0 Å². The minimum atomic E-state index is -0.522. The van der Waals surface area contributed by atoms with Crippen LogP contribution in [0.3, 0.4) is 0 Å². The van der Waals surface area contributed by atoms with E-state index >= 15 is 0 Å². The highest BCUT2D eigenvalue weighted by Crippen LogP contribution is 2.38. The Morgan fingerprint density at radius 1 is 1.09 bits per heavy atom. The van der Waals surface area contributed by atoms with Gasteiger partial charge in [0.05, 0.1) is 23.7 Å². The summed E-state index contributed by atoms with van der Waals surface area (Å²) in [6.07, 6.45) is 2.95. The first-order valence-electron chi connectivity index (χ1n) is 11.8. The lowest BCUT2D eigenvalue weighted by molar-refractivity contribution is -0.125. The first-order valence-corrected chi connectivity index (χ1v) is 12.7. The predicted molar refractivity (Wildman–Crippen MR) is 139 cm³/mol. The molecular formula is C28H27N3O3S. The van der Waals surface area contributed by atoms with Gasteiger partial charge in [0.15, 0.2) is 6.10 Å². The van der Waals surface area contributed by atoms with Crippen LogP contribution in [-0.4, -0.2) is 35.1 Å². The molecule has 1 aliphatic rings. The summed E-state index contributed by atoms with van der Waals surface area (Å²) in [6.45, 7) is 5.00. The van der Waals surface area contributed by atoms with E-state index in [1.807, 2.05) is 58.8 Å². The number of anilines is 1. The monoisotopic (exact) mass is 485 g/mol. The Balaban J connectivity index is 1.31. The average molecular weight is 486 g/mol. The normalized spacial score (nSPS) is 15.0. The Kier molecular flexibility index (Phi) is 6.77. The minimum absolute atomic E-state index is 0.0469. The van der Waals surface area contributed by atoms with Crippen LogP contribution in [0.1, 0.15) is 25.8 Å². The molecule has 1 aliphatic heterocycles. The third kappa shape index (κ3) is 5.05. The van der Waals surface area contributed by atoms with E-state index < -0.39 is 6.10 Å². The first kappa shape index (κ1) is 23.1. The zero-order chi connectivity index (χ0) is 24.2. The molecular weight excluding hydrogens is 458 g/mol. The van der Waals surface area contributed by atoms with Gasteiger partial charge in [-0.3, -0.25) is 9.78 Å². The SMILES string of the molecule is CCc1ccc(OCCCN2C(=O)C(C)Oc3ccc(-c4csc(-c5ccccn5)n4)cc32)cc1. The molecule has 0 fully saturated rings. The smallest absolute Gasteiger partial charge is 0.267 e. The van der Waals surface area contributed by atoms with Crippen molar-refractivity contribution in [3.63, 3.8) is 0 Å². The number of aryl methyl sites for hydroxylation is 1. The molecule has 1 atom stereocenters. The molecule has 7 heteroatoms. The first-order chi connectivity index (χ1) is 17.1. The zero-order valence-corrected chi connectivity index (χ0v) is 20.6. The summed E-state index contributed by atoms with van der Waals surface area (Å²) in [5.41, 5.74) is 4.68. The van der Waals surface area contributed by atoms with E-state index in [9.17, 15) is 4.79 Å². The molecule has 5 rings (SSSR count). The number of hydrogen-bond donors (Lipinski definition) is 0. The fraction of sp³-hybridized carbons (Fsp3) is 0.250. The highest BCUT2D eigenvalue weighted by Gasteiger charge is 2.31. The molecule has 35 heavy (non-hydrogen) atoms. The molecule has 1 unspecified atom stereocenters. The number of carbonyl (C=O) groups excluding carboxylic acids is 1. The second kappa shape index (κ2) is 10.3. The van der Waals surface area contributed by atoms with Crippen LogP contribution in [0.25, 0.3) is 22.0 Å². The summed E-state index contributed by atoms with van der Waals surface area (Å²) in [6, 6.07) is 19.8. The van der Waals surface area contributed by atoms with Crippen molar-refractivity contribution < 1.29 is 14.3 Å². The molecule has 2 aromatic carbocycles. The largest absolute Gasteiger partial charge is 0.494 e. The molecule has 6 nitrogen and oxygen atoms in total. The van der Waals surface area contributed by atoms with Crippen molar-refractivity contribution >= 4 is 22.9 Å². The fourth-order valence-electron chi connectivity index (χ4n) is 4.04. The number of nitrogens with zero attached hydrogens (tertiary/aromatic N) is 3. The summed E-state index contributed by atoms with van der Waals surface area (Å²) in [4.78, 5) is 24.0. The fourth-order valence-corrected chi connectivity index (χ4v) is 4.85. The van der Waals surface area contributed by atoms with Gasteiger partial charge in [0, 0.05) is 23.7 Å². The van der Waals surface area contributed by atoms with Crippen LogP contribution in [0.4, 0.5) is 5.69 Å². The minimum Gasteiger partial charge on any atom is -0.494 e. The van der Waals surface area contributed by atoms with Crippen LogP contribution in [0, 0.1) is 0 Å². The molecule has 0 saturated carbocycles. The average Bonchev–Trinajstić information content (AvgIpc) is 3.40. The standard InChI is InChI=1S/C28H27N3O3S/c1-3-20-8-11-22(12-9-20)33-16-6-15-31-25-17-21(10-13-26(25)34-19(2)28(31)32)24-18-35-27(30-24)23-7-4-5-14-29-23/h4-5,7-14,17-19H,3,6,15-16H2,1-2H3. The van der Waals surface area contributed by atoms with Crippen molar-refractivity contribution in [2.24, 2.45) is 0 Å². The summed E-state index contributed by atoms with van der Waals surface area (Å²) < 4.78 is 11.8. The second-order valence-corrected chi connectivity index (χ2v) is 9.24. The van der Waals surface area contributed by atoms with Crippen molar-refractivity contribution in [1.82, 2.24) is 9.97 Å². The predicted octanol–water partition coefficient (Wildman–Crippen LogP) is 6.02. The van der Waals surface area contributed by atoms with Gasteiger partial charge >= 0.3 is 0 Å². The number of amides is 1. The van der Waals surface area contributed by atoms with Gasteiger partial charge in [-0.25, -0.2) is 4.98 Å². The summed E-state index contributed by atoms with van der Waals surface area (Å²) in [5.74, 6) is 1.50. The Morgan fingerprint density at radius 2 is 1.94 bits per heavy atom. The molecule has 3 heterocycles. The Labute approximate surface area is 209 Å². The molecule has 1 amide bonds. The van der Waals surface area contributed by atoms with E-state index in [0.717, 1.165) is 39.8 Å². The van der Waals surface area contributed by atoms with Gasteiger partial charge in [0.25, 0.3) is 5.91 Å². The number of benzene rings is 2. The lowest BCUT2D eigenvalue weighted by Gasteiger charge is -2.33. The van der Waals surface area contributed by atoms with Crippen molar-refractivity contribution in [1.29, 1.82) is 0 Å². The Hall–Kier alpha value is -3.71. The number of carbonyl (C=O) groups is 1. The molecule has 0 N–H and O–H groups in total. The van der Waals surface area contributed by atoms with E-state index in [-0.39, 0.29) is 5.91 Å². The van der Waals surface area contributed by atoms with Crippen molar-refractivity contribution in [2.45, 2.75) is 32.8 Å². The van der Waals surface area contributed by atoms with Gasteiger partial charge in [-0.05, 0) is 67.8 Å². The number of aromatic nitrogens is 2. The van der Waals surface area contributed by atoms with E-state index in [1.54, 1.807) is 24.5 Å². The molecule has 4 aromatic rings. The quantitative estimate of drug-likeness (QED) is 0.286. The zero-order valence-electron chi connectivity index (χ0n) is 19.8. The van der Waals surface area contributed by atoms with Crippen LogP contribution in [0.5, 0.6) is 11.5 Å². The van der Waals surface area contributed by atoms with Gasteiger partial charge < -0.3 is 14.4 Å². The van der Waals surface area contributed by atoms with Crippen molar-refractivity contribution in [3.8, 4) is 33.5 Å². The van der Waals surface area contributed by atoms with Crippen LogP contribution in [0.15, 0.2) is 72.2 Å². The summed E-state index contributed by atoms with van der Waals surface area (Å²) in [7, 11) is 0. The Bertz CT molecular complexity index is 1300. The van der Waals surface area contributed by atoms with Crippen LogP contribution in [0.2, 0.25) is 0 Å². The Morgan fingerprint density at radius 3 is 2.71 bits per heavy atom. The lowest BCUT2D eigenvalue weighted by Crippen LogP contribution is -2.45. The number of thiazole rings is 1. The second-order valence-electron chi connectivity index (χ2n) is 8.38. The van der Waals surface area contributed by atoms with Crippen LogP contribution >= 0.6 is 11.3 Å². The van der Waals surface area contributed by atoms with Crippen LogP contribution in [-0.2, 0) is 11.2 Å². The summed E-state index contributed by atoms with van der Waals surface area (Å²) in [5, 5.41) is 2.88.